The van der Waals surface area contributed by atoms with Gasteiger partial charge >= 0.3 is 12.2 Å². The Bertz CT molecular complexity index is 1080. The van der Waals surface area contributed by atoms with Crippen LogP contribution in [0.4, 0.5) is 23.7 Å². The number of alkyl halides is 3. The zero-order valence-electron chi connectivity index (χ0n) is 16.3. The molecule has 2 atom stereocenters. The maximum Gasteiger partial charge on any atom is 0.416 e. The van der Waals surface area contributed by atoms with Crippen LogP contribution in [0.25, 0.3) is 0 Å². The lowest BCUT2D eigenvalue weighted by atomic mass is 10.0. The molecule has 0 spiro atoms. The fraction of sp³-hybridized carbons (Fsp3) is 0.381. The minimum Gasteiger partial charge on any atom is -0.318 e. The summed E-state index contributed by atoms with van der Waals surface area (Å²) < 4.78 is 64.4. The van der Waals surface area contributed by atoms with Gasteiger partial charge in [0.15, 0.2) is 9.84 Å². The molecular weight excluding hydrogens is 453 g/mol. The van der Waals surface area contributed by atoms with Crippen molar-refractivity contribution < 1.29 is 26.4 Å². The molecule has 2 aliphatic heterocycles. The largest absolute Gasteiger partial charge is 0.416 e. The topological polar surface area (TPSA) is 66.5 Å². The fourth-order valence-electron chi connectivity index (χ4n) is 4.50. The monoisotopic (exact) mass is 472 g/mol. The zero-order chi connectivity index (χ0) is 22.4. The van der Waals surface area contributed by atoms with Crippen molar-refractivity contribution in [2.75, 3.05) is 5.32 Å². The first-order chi connectivity index (χ1) is 14.6. The minimum absolute atomic E-state index is 0.101. The van der Waals surface area contributed by atoms with E-state index in [2.05, 4.69) is 5.32 Å². The molecule has 2 unspecified atom stereocenters. The van der Waals surface area contributed by atoms with Crippen molar-refractivity contribution >= 4 is 33.2 Å². The highest BCUT2D eigenvalue weighted by molar-refractivity contribution is 7.92. The summed E-state index contributed by atoms with van der Waals surface area (Å²) in [6, 6.07) is 9.61. The molecule has 166 valence electrons. The molecule has 0 radical (unpaired) electrons. The number of rotatable bonds is 3. The van der Waals surface area contributed by atoms with E-state index in [0.717, 1.165) is 12.1 Å². The van der Waals surface area contributed by atoms with Gasteiger partial charge in [-0.25, -0.2) is 13.2 Å². The molecule has 2 fully saturated rings. The van der Waals surface area contributed by atoms with Gasteiger partial charge in [0, 0.05) is 17.8 Å². The van der Waals surface area contributed by atoms with Crippen molar-refractivity contribution in [1.82, 2.24) is 4.90 Å². The van der Waals surface area contributed by atoms with E-state index >= 15 is 0 Å². The van der Waals surface area contributed by atoms with Gasteiger partial charge in [0.1, 0.15) is 0 Å². The highest BCUT2D eigenvalue weighted by Gasteiger charge is 2.47. The number of nitrogens with zero attached hydrogens (tertiary/aromatic N) is 1. The second kappa shape index (κ2) is 8.02. The van der Waals surface area contributed by atoms with Crippen molar-refractivity contribution in [3.05, 3.63) is 59.1 Å². The molecular formula is C21H20ClF3N2O3S. The summed E-state index contributed by atoms with van der Waals surface area (Å²) in [7, 11) is -3.64. The molecule has 5 nitrogen and oxygen atoms in total. The van der Waals surface area contributed by atoms with E-state index in [0.29, 0.717) is 25.7 Å². The highest BCUT2D eigenvalue weighted by atomic mass is 35.5. The van der Waals surface area contributed by atoms with E-state index in [1.54, 1.807) is 17.0 Å². The molecule has 2 aromatic rings. The van der Waals surface area contributed by atoms with Gasteiger partial charge in [-0.2, -0.15) is 13.2 Å². The average molecular weight is 473 g/mol. The molecule has 2 aliphatic rings. The van der Waals surface area contributed by atoms with Crippen LogP contribution in [0.2, 0.25) is 5.02 Å². The van der Waals surface area contributed by atoms with Crippen LogP contribution in [0, 0.1) is 0 Å². The van der Waals surface area contributed by atoms with Crippen molar-refractivity contribution in [1.29, 1.82) is 0 Å². The first kappa shape index (κ1) is 22.0. The maximum absolute atomic E-state index is 13.1. The number of urea groups is 1. The van der Waals surface area contributed by atoms with Gasteiger partial charge in [-0.3, -0.25) is 0 Å². The number of carbonyl (C=O) groups excluding carboxylic acids is 1. The molecule has 31 heavy (non-hydrogen) atoms. The fourth-order valence-corrected chi connectivity index (χ4v) is 6.87. The summed E-state index contributed by atoms with van der Waals surface area (Å²) >= 11 is 6.10. The van der Waals surface area contributed by atoms with Crippen molar-refractivity contribution in [3.8, 4) is 0 Å². The third-order valence-corrected chi connectivity index (χ3v) is 8.64. The van der Waals surface area contributed by atoms with Gasteiger partial charge in [-0.15, -0.1) is 0 Å². The average Bonchev–Trinajstić information content (AvgIpc) is 2.97. The van der Waals surface area contributed by atoms with E-state index in [9.17, 15) is 26.4 Å². The Kier molecular flexibility index (Phi) is 5.68. The Morgan fingerprint density at radius 1 is 1.00 bits per heavy atom. The van der Waals surface area contributed by atoms with Crippen LogP contribution in [0.5, 0.6) is 0 Å². The number of benzene rings is 2. The van der Waals surface area contributed by atoms with E-state index in [1.165, 1.54) is 24.3 Å². The van der Waals surface area contributed by atoms with E-state index in [1.807, 2.05) is 0 Å². The number of halogens is 4. The molecule has 4 rings (SSSR count). The normalized spacial score (nSPS) is 23.6. The molecule has 10 heteroatoms. The Labute approximate surface area is 183 Å². The Hall–Kier alpha value is -2.26. The Balaban J connectivity index is 1.47. The lowest BCUT2D eigenvalue weighted by Crippen LogP contribution is -2.51. The van der Waals surface area contributed by atoms with Crippen molar-refractivity contribution in [2.45, 2.75) is 54.1 Å². The molecule has 2 saturated heterocycles. The zero-order valence-corrected chi connectivity index (χ0v) is 17.8. The molecule has 2 bridgehead atoms. The molecule has 2 aromatic carbocycles. The third kappa shape index (κ3) is 4.25. The second-order valence-electron chi connectivity index (χ2n) is 7.87. The van der Waals surface area contributed by atoms with Crippen molar-refractivity contribution in [3.63, 3.8) is 0 Å². The number of sulfone groups is 1. The Morgan fingerprint density at radius 2 is 1.58 bits per heavy atom. The molecule has 1 N–H and O–H groups in total. The lowest BCUT2D eigenvalue weighted by molar-refractivity contribution is -0.137. The molecule has 0 saturated carbocycles. The summed E-state index contributed by atoms with van der Waals surface area (Å²) in [4.78, 5) is 14.5. The maximum atomic E-state index is 13.1. The number of fused-ring (bicyclic) bond motifs is 2. The number of anilines is 1. The summed E-state index contributed by atoms with van der Waals surface area (Å²) in [5, 5.41) is 2.17. The highest BCUT2D eigenvalue weighted by Crippen LogP contribution is 2.41. The predicted octanol–water partition coefficient (Wildman–Crippen LogP) is 5.36. The van der Waals surface area contributed by atoms with Gasteiger partial charge < -0.3 is 10.2 Å². The number of hydrogen-bond donors (Lipinski definition) is 1. The van der Waals surface area contributed by atoms with E-state index in [-0.39, 0.29) is 27.7 Å². The van der Waals surface area contributed by atoms with Gasteiger partial charge in [0.05, 0.1) is 20.7 Å². The molecule has 2 amide bonds. The van der Waals surface area contributed by atoms with Crippen LogP contribution in [0.3, 0.4) is 0 Å². The summed E-state index contributed by atoms with van der Waals surface area (Å²) in [6.45, 7) is 0. The smallest absolute Gasteiger partial charge is 0.318 e. The third-order valence-electron chi connectivity index (χ3n) is 5.97. The van der Waals surface area contributed by atoms with E-state index < -0.39 is 32.9 Å². The Morgan fingerprint density at radius 3 is 2.13 bits per heavy atom. The number of hydrogen-bond acceptors (Lipinski definition) is 3. The van der Waals surface area contributed by atoms with Gasteiger partial charge in [0.25, 0.3) is 0 Å². The minimum atomic E-state index is -4.45. The van der Waals surface area contributed by atoms with Crippen LogP contribution in [0.1, 0.15) is 31.2 Å². The lowest BCUT2D eigenvalue weighted by Gasteiger charge is -2.38. The predicted molar refractivity (Wildman–Crippen MR) is 111 cm³/mol. The summed E-state index contributed by atoms with van der Waals surface area (Å²) in [5.74, 6) is 0. The van der Waals surface area contributed by atoms with Crippen LogP contribution < -0.4 is 5.32 Å². The van der Waals surface area contributed by atoms with Gasteiger partial charge in [-0.05, 0) is 62.1 Å². The van der Waals surface area contributed by atoms with Crippen LogP contribution in [-0.2, 0) is 16.0 Å². The van der Waals surface area contributed by atoms with Gasteiger partial charge in [0.2, 0.25) is 0 Å². The molecule has 2 heterocycles. The number of nitrogens with one attached hydrogen (secondary N) is 1. The summed E-state index contributed by atoms with van der Waals surface area (Å²) in [5.41, 5.74) is -0.542. The molecule has 0 aromatic heterocycles. The molecule has 0 aliphatic carbocycles. The standard InChI is InChI=1S/C21H20ClF3N2O3S/c22-18-3-1-2-4-19(18)31(29,30)17-11-15-9-10-16(12-17)27(15)20(28)26-14-7-5-13(6-8-14)21(23,24)25/h1-8,15-17H,9-12H2,(H,26,28). The number of carbonyl (C=O) groups is 1. The quantitative estimate of drug-likeness (QED) is 0.654. The van der Waals surface area contributed by atoms with Gasteiger partial charge in [-0.1, -0.05) is 23.7 Å². The number of amides is 2. The second-order valence-corrected chi connectivity index (χ2v) is 10.5. The van der Waals surface area contributed by atoms with Crippen LogP contribution >= 0.6 is 11.6 Å². The van der Waals surface area contributed by atoms with Crippen molar-refractivity contribution in [2.24, 2.45) is 0 Å². The van der Waals surface area contributed by atoms with Crippen LogP contribution in [0.15, 0.2) is 53.4 Å². The first-order valence-electron chi connectivity index (χ1n) is 9.82. The number of piperidine rings is 1. The SMILES string of the molecule is O=C(Nc1ccc(C(F)(F)F)cc1)N1C2CCC1CC(S(=O)(=O)c1ccccc1Cl)C2. The summed E-state index contributed by atoms with van der Waals surface area (Å²) in [6.07, 6.45) is -2.50. The van der Waals surface area contributed by atoms with E-state index in [4.69, 9.17) is 11.6 Å². The first-order valence-corrected chi connectivity index (χ1v) is 11.7. The van der Waals surface area contributed by atoms with Crippen LogP contribution in [-0.4, -0.2) is 36.7 Å².